The van der Waals surface area contributed by atoms with E-state index in [4.69, 9.17) is 14.2 Å². The standard InChI is InChI=1S/C19H20N2O4/c1-2-3-14-4-7-16(8-5-14)23-12-19(22)21-20-11-15-6-9-17-18(10-15)25-13-24-17/h4-11H,2-3,12-13H2,1H3,(H,21,22). The first-order chi connectivity index (χ1) is 12.2. The van der Waals surface area contributed by atoms with Crippen LogP contribution in [0.3, 0.4) is 0 Å². The summed E-state index contributed by atoms with van der Waals surface area (Å²) in [5, 5.41) is 3.92. The number of aryl methyl sites for hydroxylation is 1. The van der Waals surface area contributed by atoms with Gasteiger partial charge in [-0.2, -0.15) is 5.10 Å². The molecule has 0 saturated heterocycles. The largest absolute Gasteiger partial charge is 0.484 e. The molecule has 1 amide bonds. The zero-order valence-electron chi connectivity index (χ0n) is 14.0. The second-order valence-corrected chi connectivity index (χ2v) is 5.59. The summed E-state index contributed by atoms with van der Waals surface area (Å²) in [6.07, 6.45) is 3.68. The molecule has 0 saturated carbocycles. The van der Waals surface area contributed by atoms with E-state index in [1.54, 1.807) is 18.3 Å². The number of hydrogen-bond acceptors (Lipinski definition) is 5. The van der Waals surface area contributed by atoms with Gasteiger partial charge in [-0.3, -0.25) is 4.79 Å². The molecule has 0 unspecified atom stereocenters. The van der Waals surface area contributed by atoms with Crippen molar-refractivity contribution < 1.29 is 19.0 Å². The Labute approximate surface area is 146 Å². The van der Waals surface area contributed by atoms with Gasteiger partial charge in [0.25, 0.3) is 5.91 Å². The zero-order chi connectivity index (χ0) is 17.5. The quantitative estimate of drug-likeness (QED) is 0.621. The molecule has 0 fully saturated rings. The van der Waals surface area contributed by atoms with Gasteiger partial charge in [0.15, 0.2) is 18.1 Å². The van der Waals surface area contributed by atoms with Crippen molar-refractivity contribution >= 4 is 12.1 Å². The van der Waals surface area contributed by atoms with E-state index in [0.717, 1.165) is 18.4 Å². The highest BCUT2D eigenvalue weighted by Crippen LogP contribution is 2.31. The van der Waals surface area contributed by atoms with Gasteiger partial charge < -0.3 is 14.2 Å². The average molecular weight is 340 g/mol. The number of nitrogens with zero attached hydrogens (tertiary/aromatic N) is 1. The SMILES string of the molecule is CCCc1ccc(OCC(=O)NN=Cc2ccc3c(c2)OCO3)cc1. The maximum Gasteiger partial charge on any atom is 0.277 e. The molecule has 25 heavy (non-hydrogen) atoms. The molecule has 2 aromatic carbocycles. The third-order valence-electron chi connectivity index (χ3n) is 3.63. The number of fused-ring (bicyclic) bond motifs is 1. The predicted molar refractivity (Wildman–Crippen MR) is 94.2 cm³/mol. The van der Waals surface area contributed by atoms with E-state index in [-0.39, 0.29) is 19.3 Å². The van der Waals surface area contributed by atoms with Gasteiger partial charge >= 0.3 is 0 Å². The third-order valence-corrected chi connectivity index (χ3v) is 3.63. The van der Waals surface area contributed by atoms with Crippen molar-refractivity contribution in [2.24, 2.45) is 5.10 Å². The minimum absolute atomic E-state index is 0.0917. The molecule has 3 rings (SSSR count). The van der Waals surface area contributed by atoms with Gasteiger partial charge in [-0.05, 0) is 47.9 Å². The molecule has 1 N–H and O–H groups in total. The van der Waals surface area contributed by atoms with E-state index in [1.165, 1.54) is 5.56 Å². The number of hydrogen-bond donors (Lipinski definition) is 1. The summed E-state index contributed by atoms with van der Waals surface area (Å²) in [6, 6.07) is 13.2. The van der Waals surface area contributed by atoms with Crippen LogP contribution in [-0.4, -0.2) is 25.5 Å². The summed E-state index contributed by atoms with van der Waals surface area (Å²) in [5.74, 6) is 1.72. The molecule has 6 heteroatoms. The number of rotatable bonds is 7. The molecular formula is C19H20N2O4. The van der Waals surface area contributed by atoms with Crippen molar-refractivity contribution in [1.29, 1.82) is 0 Å². The van der Waals surface area contributed by atoms with Gasteiger partial charge in [0.2, 0.25) is 6.79 Å². The first-order valence-electron chi connectivity index (χ1n) is 8.18. The van der Waals surface area contributed by atoms with Crippen molar-refractivity contribution in [3.8, 4) is 17.2 Å². The van der Waals surface area contributed by atoms with E-state index in [2.05, 4.69) is 17.5 Å². The highest BCUT2D eigenvalue weighted by Gasteiger charge is 2.12. The fourth-order valence-corrected chi connectivity index (χ4v) is 2.39. The smallest absolute Gasteiger partial charge is 0.277 e. The maximum atomic E-state index is 11.8. The van der Waals surface area contributed by atoms with Crippen LogP contribution in [0.15, 0.2) is 47.6 Å². The van der Waals surface area contributed by atoms with Gasteiger partial charge in [0.05, 0.1) is 6.21 Å². The number of hydrazone groups is 1. The van der Waals surface area contributed by atoms with Crippen LogP contribution in [0.4, 0.5) is 0 Å². The Balaban J connectivity index is 1.44. The van der Waals surface area contributed by atoms with Gasteiger partial charge in [-0.1, -0.05) is 25.5 Å². The molecule has 0 aliphatic carbocycles. The van der Waals surface area contributed by atoms with Crippen LogP contribution in [0.5, 0.6) is 17.2 Å². The number of carbonyl (C=O) groups is 1. The number of nitrogens with one attached hydrogen (secondary N) is 1. The molecule has 0 aromatic heterocycles. The Kier molecular flexibility index (Phi) is 5.51. The lowest BCUT2D eigenvalue weighted by atomic mass is 10.1. The lowest BCUT2D eigenvalue weighted by molar-refractivity contribution is -0.123. The minimum Gasteiger partial charge on any atom is -0.484 e. The third kappa shape index (κ3) is 4.73. The van der Waals surface area contributed by atoms with Crippen molar-refractivity contribution in [2.75, 3.05) is 13.4 Å². The monoisotopic (exact) mass is 340 g/mol. The molecule has 130 valence electrons. The van der Waals surface area contributed by atoms with E-state index in [1.807, 2.05) is 30.3 Å². The normalized spacial score (nSPS) is 12.4. The van der Waals surface area contributed by atoms with E-state index in [0.29, 0.717) is 17.2 Å². The Morgan fingerprint density at radius 1 is 1.20 bits per heavy atom. The first-order valence-corrected chi connectivity index (χ1v) is 8.18. The molecule has 0 spiro atoms. The Bertz CT molecular complexity index is 757. The fourth-order valence-electron chi connectivity index (χ4n) is 2.39. The molecule has 0 radical (unpaired) electrons. The van der Waals surface area contributed by atoms with Crippen molar-refractivity contribution in [1.82, 2.24) is 5.43 Å². The van der Waals surface area contributed by atoms with E-state index in [9.17, 15) is 4.79 Å². The van der Waals surface area contributed by atoms with E-state index < -0.39 is 0 Å². The summed E-state index contributed by atoms with van der Waals surface area (Å²) in [6.45, 7) is 2.27. The Morgan fingerprint density at radius 2 is 2.00 bits per heavy atom. The van der Waals surface area contributed by atoms with Gasteiger partial charge in [0, 0.05) is 0 Å². The zero-order valence-corrected chi connectivity index (χ0v) is 14.0. The van der Waals surface area contributed by atoms with Crippen molar-refractivity contribution in [3.63, 3.8) is 0 Å². The molecular weight excluding hydrogens is 320 g/mol. The number of amides is 1. The van der Waals surface area contributed by atoms with Crippen LogP contribution in [0.25, 0.3) is 0 Å². The van der Waals surface area contributed by atoms with Crippen LogP contribution in [0.2, 0.25) is 0 Å². The molecule has 1 aliphatic heterocycles. The molecule has 1 heterocycles. The average Bonchev–Trinajstić information content (AvgIpc) is 3.09. The topological polar surface area (TPSA) is 69.2 Å². The maximum absolute atomic E-state index is 11.8. The first kappa shape index (κ1) is 16.8. The summed E-state index contributed by atoms with van der Waals surface area (Å²) in [4.78, 5) is 11.8. The summed E-state index contributed by atoms with van der Waals surface area (Å²) < 4.78 is 16.0. The molecule has 0 bridgehead atoms. The van der Waals surface area contributed by atoms with Crippen LogP contribution < -0.4 is 19.6 Å². The van der Waals surface area contributed by atoms with Crippen LogP contribution >= 0.6 is 0 Å². The summed E-state index contributed by atoms with van der Waals surface area (Å²) in [5.41, 5.74) is 4.49. The minimum atomic E-state index is -0.324. The number of benzene rings is 2. The van der Waals surface area contributed by atoms with Gasteiger partial charge in [-0.15, -0.1) is 0 Å². The molecule has 6 nitrogen and oxygen atoms in total. The molecule has 2 aromatic rings. The predicted octanol–water partition coefficient (Wildman–Crippen LogP) is 2.90. The Morgan fingerprint density at radius 3 is 2.80 bits per heavy atom. The van der Waals surface area contributed by atoms with E-state index >= 15 is 0 Å². The lowest BCUT2D eigenvalue weighted by Gasteiger charge is -2.06. The number of carbonyl (C=O) groups excluding carboxylic acids is 1. The summed E-state index contributed by atoms with van der Waals surface area (Å²) >= 11 is 0. The highest BCUT2D eigenvalue weighted by atomic mass is 16.7. The molecule has 1 aliphatic rings. The van der Waals surface area contributed by atoms with Crippen molar-refractivity contribution in [3.05, 3.63) is 53.6 Å². The Hall–Kier alpha value is -3.02. The van der Waals surface area contributed by atoms with Crippen LogP contribution in [-0.2, 0) is 11.2 Å². The van der Waals surface area contributed by atoms with Gasteiger partial charge in [-0.25, -0.2) is 5.43 Å². The fraction of sp³-hybridized carbons (Fsp3) is 0.263. The lowest BCUT2D eigenvalue weighted by Crippen LogP contribution is -2.24. The van der Waals surface area contributed by atoms with Crippen LogP contribution in [0.1, 0.15) is 24.5 Å². The molecule has 0 atom stereocenters. The van der Waals surface area contributed by atoms with Crippen molar-refractivity contribution in [2.45, 2.75) is 19.8 Å². The van der Waals surface area contributed by atoms with Crippen LogP contribution in [0, 0.1) is 0 Å². The highest BCUT2D eigenvalue weighted by molar-refractivity contribution is 5.83. The second-order valence-electron chi connectivity index (χ2n) is 5.59. The number of ether oxygens (including phenoxy) is 3. The summed E-state index contributed by atoms with van der Waals surface area (Å²) in [7, 11) is 0. The van der Waals surface area contributed by atoms with Gasteiger partial charge in [0.1, 0.15) is 5.75 Å². The second kappa shape index (κ2) is 8.19.